The topological polar surface area (TPSA) is 6.48 Å². The molecular formula is C27H30N2. The monoisotopic (exact) mass is 382 g/mol. The maximum atomic E-state index is 2.63. The number of aryl methyl sites for hydroxylation is 1. The summed E-state index contributed by atoms with van der Waals surface area (Å²) in [6.07, 6.45) is 3.52. The van der Waals surface area contributed by atoms with Crippen LogP contribution in [-0.2, 0) is 11.8 Å². The lowest BCUT2D eigenvalue weighted by Gasteiger charge is -2.43. The van der Waals surface area contributed by atoms with Crippen LogP contribution in [0.25, 0.3) is 10.8 Å². The first-order valence-electron chi connectivity index (χ1n) is 10.8. The second kappa shape index (κ2) is 6.74. The Hall–Kier alpha value is -2.58. The molecule has 3 aromatic carbocycles. The van der Waals surface area contributed by atoms with Crippen molar-refractivity contribution in [1.82, 2.24) is 4.90 Å². The van der Waals surface area contributed by atoms with E-state index in [1.165, 1.54) is 38.8 Å². The van der Waals surface area contributed by atoms with Crippen LogP contribution >= 0.6 is 0 Å². The van der Waals surface area contributed by atoms with E-state index in [0.717, 1.165) is 19.5 Å². The van der Waals surface area contributed by atoms with Gasteiger partial charge < -0.3 is 4.90 Å². The molecule has 1 unspecified atom stereocenters. The van der Waals surface area contributed by atoms with Crippen LogP contribution < -0.4 is 4.90 Å². The van der Waals surface area contributed by atoms with Gasteiger partial charge in [0.15, 0.2) is 0 Å². The lowest BCUT2D eigenvalue weighted by Crippen LogP contribution is -2.50. The summed E-state index contributed by atoms with van der Waals surface area (Å²) in [6.45, 7) is 8.94. The standard InChI is InChI=1S/C27H30N2/c1-19(2)29-15-14-25-27(18-29,17-21-8-6-5-7-9-21)26-23-16-20(3)10-11-22(23)12-13-24(26)28(25)4/h5-14,16,19H,15,17-18H2,1-4H3. The van der Waals surface area contributed by atoms with Crippen molar-refractivity contribution in [2.45, 2.75) is 38.6 Å². The molecule has 0 amide bonds. The smallest absolute Gasteiger partial charge is 0.0546 e. The summed E-state index contributed by atoms with van der Waals surface area (Å²) in [4.78, 5) is 5.09. The fourth-order valence-corrected chi connectivity index (χ4v) is 5.46. The molecule has 0 aromatic heterocycles. The summed E-state index contributed by atoms with van der Waals surface area (Å²) in [5.41, 5.74) is 7.09. The van der Waals surface area contributed by atoms with E-state index in [9.17, 15) is 0 Å². The average molecular weight is 383 g/mol. The molecule has 0 spiro atoms. The van der Waals surface area contributed by atoms with Crippen molar-refractivity contribution < 1.29 is 0 Å². The van der Waals surface area contributed by atoms with Gasteiger partial charge in [-0.2, -0.15) is 0 Å². The number of hydrogen-bond acceptors (Lipinski definition) is 2. The second-order valence-electron chi connectivity index (χ2n) is 9.10. The zero-order chi connectivity index (χ0) is 20.2. The molecule has 2 aliphatic heterocycles. The van der Waals surface area contributed by atoms with E-state index in [1.54, 1.807) is 0 Å². The predicted octanol–water partition coefficient (Wildman–Crippen LogP) is 5.69. The van der Waals surface area contributed by atoms with Gasteiger partial charge in [0.1, 0.15) is 0 Å². The molecule has 2 aliphatic rings. The molecule has 3 aromatic rings. The van der Waals surface area contributed by atoms with E-state index in [-0.39, 0.29) is 5.41 Å². The molecule has 148 valence electrons. The summed E-state index contributed by atoms with van der Waals surface area (Å²) in [5, 5.41) is 2.76. The fourth-order valence-electron chi connectivity index (χ4n) is 5.46. The van der Waals surface area contributed by atoms with Gasteiger partial charge in [-0.1, -0.05) is 60.2 Å². The van der Waals surface area contributed by atoms with Gasteiger partial charge in [-0.05, 0) is 61.2 Å². The number of hydrogen-bond donors (Lipinski definition) is 0. The summed E-state index contributed by atoms with van der Waals surface area (Å²) >= 11 is 0. The second-order valence-corrected chi connectivity index (χ2v) is 9.10. The minimum absolute atomic E-state index is 0.0126. The highest BCUT2D eigenvalue weighted by Crippen LogP contribution is 2.53. The van der Waals surface area contributed by atoms with Crippen molar-refractivity contribution in [1.29, 1.82) is 0 Å². The highest BCUT2D eigenvalue weighted by molar-refractivity contribution is 5.95. The molecule has 2 nitrogen and oxygen atoms in total. The number of fused-ring (bicyclic) bond motifs is 5. The molecule has 0 N–H and O–H groups in total. The van der Waals surface area contributed by atoms with Crippen molar-refractivity contribution in [2.75, 3.05) is 25.0 Å². The van der Waals surface area contributed by atoms with Gasteiger partial charge >= 0.3 is 0 Å². The average Bonchev–Trinajstić information content (AvgIpc) is 2.97. The van der Waals surface area contributed by atoms with E-state index < -0.39 is 0 Å². The molecular weight excluding hydrogens is 352 g/mol. The number of benzene rings is 3. The molecule has 0 saturated heterocycles. The Morgan fingerprint density at radius 3 is 2.52 bits per heavy atom. The summed E-state index contributed by atoms with van der Waals surface area (Å²) in [5.74, 6) is 0. The van der Waals surface area contributed by atoms with Crippen molar-refractivity contribution >= 4 is 16.5 Å². The summed E-state index contributed by atoms with van der Waals surface area (Å²) < 4.78 is 0. The third-order valence-electron chi connectivity index (χ3n) is 6.92. The molecule has 0 bridgehead atoms. The first kappa shape index (κ1) is 18.4. The lowest BCUT2D eigenvalue weighted by atomic mass is 9.71. The zero-order valence-corrected chi connectivity index (χ0v) is 17.9. The van der Waals surface area contributed by atoms with E-state index in [2.05, 4.69) is 104 Å². The lowest BCUT2D eigenvalue weighted by molar-refractivity contribution is 0.187. The Balaban J connectivity index is 1.80. The predicted molar refractivity (Wildman–Crippen MR) is 124 cm³/mol. The molecule has 2 heteroatoms. The quantitative estimate of drug-likeness (QED) is 0.574. The van der Waals surface area contributed by atoms with Crippen LogP contribution in [0.4, 0.5) is 5.69 Å². The molecule has 1 atom stereocenters. The number of nitrogens with zero attached hydrogens (tertiary/aromatic N) is 2. The summed E-state index contributed by atoms with van der Waals surface area (Å²) in [6, 6.07) is 23.1. The van der Waals surface area contributed by atoms with E-state index >= 15 is 0 Å². The molecule has 29 heavy (non-hydrogen) atoms. The normalized spacial score (nSPS) is 21.4. The molecule has 2 heterocycles. The van der Waals surface area contributed by atoms with Gasteiger partial charge in [0.05, 0.1) is 5.41 Å². The van der Waals surface area contributed by atoms with Gasteiger partial charge in [-0.25, -0.2) is 0 Å². The molecule has 5 rings (SSSR count). The van der Waals surface area contributed by atoms with Gasteiger partial charge in [-0.15, -0.1) is 0 Å². The first-order chi connectivity index (χ1) is 14.0. The minimum Gasteiger partial charge on any atom is -0.347 e. The third kappa shape index (κ3) is 2.81. The van der Waals surface area contributed by atoms with Crippen molar-refractivity contribution in [3.05, 3.63) is 89.1 Å². The SMILES string of the molecule is Cc1ccc2ccc3c(c2c1)C1(Cc2ccccc2)CN(C(C)C)CC=C1N3C. The van der Waals surface area contributed by atoms with Gasteiger partial charge in [0.25, 0.3) is 0 Å². The maximum absolute atomic E-state index is 2.63. The molecule has 0 saturated carbocycles. The molecule has 0 aliphatic carbocycles. The van der Waals surface area contributed by atoms with Crippen LogP contribution in [0.5, 0.6) is 0 Å². The highest BCUT2D eigenvalue weighted by Gasteiger charge is 2.49. The highest BCUT2D eigenvalue weighted by atomic mass is 15.2. The Kier molecular flexibility index (Phi) is 4.29. The summed E-state index contributed by atoms with van der Waals surface area (Å²) in [7, 11) is 2.25. The van der Waals surface area contributed by atoms with Crippen LogP contribution in [0.15, 0.2) is 72.4 Å². The van der Waals surface area contributed by atoms with Crippen molar-refractivity contribution in [3.63, 3.8) is 0 Å². The largest absolute Gasteiger partial charge is 0.347 e. The van der Waals surface area contributed by atoms with Crippen LogP contribution in [0, 0.1) is 6.92 Å². The van der Waals surface area contributed by atoms with Gasteiger partial charge in [0, 0.05) is 37.6 Å². The van der Waals surface area contributed by atoms with Crippen LogP contribution in [-0.4, -0.2) is 31.1 Å². The van der Waals surface area contributed by atoms with Crippen molar-refractivity contribution in [3.8, 4) is 0 Å². The number of rotatable bonds is 3. The Labute approximate surface area is 174 Å². The molecule has 0 fully saturated rings. The Bertz CT molecular complexity index is 1100. The Morgan fingerprint density at radius 2 is 1.76 bits per heavy atom. The van der Waals surface area contributed by atoms with Crippen LogP contribution in [0.3, 0.4) is 0 Å². The van der Waals surface area contributed by atoms with Crippen LogP contribution in [0.2, 0.25) is 0 Å². The van der Waals surface area contributed by atoms with Gasteiger partial charge in [-0.3, -0.25) is 4.90 Å². The number of likely N-dealkylation sites (N-methyl/N-ethyl adjacent to an activating group) is 1. The number of anilines is 1. The maximum Gasteiger partial charge on any atom is 0.0546 e. The third-order valence-corrected chi connectivity index (χ3v) is 6.92. The minimum atomic E-state index is -0.0126. The van der Waals surface area contributed by atoms with E-state index in [0.29, 0.717) is 6.04 Å². The van der Waals surface area contributed by atoms with E-state index in [1.807, 2.05) is 0 Å². The zero-order valence-electron chi connectivity index (χ0n) is 17.9. The van der Waals surface area contributed by atoms with Crippen molar-refractivity contribution in [2.24, 2.45) is 0 Å². The molecule has 0 radical (unpaired) electrons. The Morgan fingerprint density at radius 1 is 1.00 bits per heavy atom. The van der Waals surface area contributed by atoms with E-state index in [4.69, 9.17) is 0 Å². The van der Waals surface area contributed by atoms with Gasteiger partial charge in [0.2, 0.25) is 0 Å². The first-order valence-corrected chi connectivity index (χ1v) is 10.8. The fraction of sp³-hybridized carbons (Fsp3) is 0.333. The van der Waals surface area contributed by atoms with Crippen LogP contribution in [0.1, 0.15) is 30.5 Å².